The molecule has 0 fully saturated rings. The second-order valence-electron chi connectivity index (χ2n) is 5.06. The monoisotopic (exact) mass is 244 g/mol. The van der Waals surface area contributed by atoms with Crippen molar-refractivity contribution in [3.8, 4) is 0 Å². The van der Waals surface area contributed by atoms with Gasteiger partial charge in [-0.1, -0.05) is 18.2 Å². The Morgan fingerprint density at radius 3 is 3.00 bits per heavy atom. The first-order chi connectivity index (χ1) is 8.80. The Balaban J connectivity index is 2.09. The van der Waals surface area contributed by atoms with Gasteiger partial charge in [0.1, 0.15) is 0 Å². The smallest absolute Gasteiger partial charge is 0.0625 e. The molecule has 1 aromatic heterocycles. The molecule has 2 heterocycles. The highest BCUT2D eigenvalue weighted by Crippen LogP contribution is 2.39. The minimum absolute atomic E-state index is 0.0784. The second kappa shape index (κ2) is 4.41. The molecule has 1 aliphatic rings. The van der Waals surface area contributed by atoms with Crippen molar-refractivity contribution in [3.63, 3.8) is 0 Å². The number of aromatic nitrogens is 1. The van der Waals surface area contributed by atoms with Gasteiger partial charge >= 0.3 is 0 Å². The van der Waals surface area contributed by atoms with Gasteiger partial charge in [0.25, 0.3) is 0 Å². The normalized spacial score (nSPS) is 22.6. The van der Waals surface area contributed by atoms with Crippen LogP contribution in [0.15, 0.2) is 30.3 Å². The van der Waals surface area contributed by atoms with E-state index < -0.39 is 0 Å². The first-order valence-electron chi connectivity index (χ1n) is 6.57. The van der Waals surface area contributed by atoms with Crippen molar-refractivity contribution in [3.05, 3.63) is 36.0 Å². The van der Waals surface area contributed by atoms with Gasteiger partial charge in [0.15, 0.2) is 0 Å². The number of hydrogen-bond donors (Lipinski definition) is 1. The summed E-state index contributed by atoms with van der Waals surface area (Å²) in [6.45, 7) is 1.88. The molecule has 1 atom stereocenters. The maximum absolute atomic E-state index is 5.27. The van der Waals surface area contributed by atoms with Gasteiger partial charge in [-0.3, -0.25) is 0 Å². The van der Waals surface area contributed by atoms with Crippen LogP contribution in [-0.4, -0.2) is 25.3 Å². The van der Waals surface area contributed by atoms with Crippen LogP contribution in [0.1, 0.15) is 18.5 Å². The molecule has 18 heavy (non-hydrogen) atoms. The molecule has 0 saturated carbocycles. The van der Waals surface area contributed by atoms with Gasteiger partial charge in [0, 0.05) is 31.5 Å². The lowest BCUT2D eigenvalue weighted by molar-refractivity contribution is 0.156. The van der Waals surface area contributed by atoms with Crippen molar-refractivity contribution in [1.82, 2.24) is 9.88 Å². The molecule has 0 radical (unpaired) electrons. The number of ether oxygens (including phenoxy) is 1. The summed E-state index contributed by atoms with van der Waals surface area (Å²) >= 11 is 0. The van der Waals surface area contributed by atoms with E-state index in [4.69, 9.17) is 4.74 Å². The van der Waals surface area contributed by atoms with Gasteiger partial charge in [-0.2, -0.15) is 0 Å². The van der Waals surface area contributed by atoms with Crippen LogP contribution in [0.4, 0.5) is 0 Å². The summed E-state index contributed by atoms with van der Waals surface area (Å²) in [5.41, 5.74) is 2.83. The largest absolute Gasteiger partial charge is 0.385 e. The predicted molar refractivity (Wildman–Crippen MR) is 73.8 cm³/mol. The highest BCUT2D eigenvalue weighted by atomic mass is 16.5. The van der Waals surface area contributed by atoms with Crippen molar-refractivity contribution in [1.29, 1.82) is 0 Å². The zero-order valence-electron chi connectivity index (χ0n) is 11.1. The first-order valence-corrected chi connectivity index (χ1v) is 6.57. The maximum atomic E-state index is 5.27. The van der Waals surface area contributed by atoms with Crippen molar-refractivity contribution in [2.45, 2.75) is 24.9 Å². The zero-order chi connectivity index (χ0) is 12.6. The summed E-state index contributed by atoms with van der Waals surface area (Å²) in [5, 5.41) is 4.87. The lowest BCUT2D eigenvalue weighted by Crippen LogP contribution is -2.38. The molecule has 3 rings (SSSR count). The lowest BCUT2D eigenvalue weighted by atomic mass is 9.90. The lowest BCUT2D eigenvalue weighted by Gasteiger charge is -2.28. The Hall–Kier alpha value is -1.32. The third kappa shape index (κ3) is 1.58. The molecular weight excluding hydrogens is 224 g/mol. The van der Waals surface area contributed by atoms with E-state index in [1.54, 1.807) is 7.11 Å². The average Bonchev–Trinajstić information content (AvgIpc) is 2.94. The molecule has 0 bridgehead atoms. The third-order valence-electron chi connectivity index (χ3n) is 4.27. The van der Waals surface area contributed by atoms with E-state index in [-0.39, 0.29) is 5.54 Å². The van der Waals surface area contributed by atoms with Gasteiger partial charge in [0.2, 0.25) is 0 Å². The molecule has 3 nitrogen and oxygen atoms in total. The zero-order valence-corrected chi connectivity index (χ0v) is 11.1. The second-order valence-corrected chi connectivity index (χ2v) is 5.06. The van der Waals surface area contributed by atoms with E-state index in [9.17, 15) is 0 Å². The fourth-order valence-corrected chi connectivity index (χ4v) is 3.19. The fourth-order valence-electron chi connectivity index (χ4n) is 3.19. The maximum Gasteiger partial charge on any atom is 0.0625 e. The van der Waals surface area contributed by atoms with E-state index in [1.165, 1.54) is 16.6 Å². The molecule has 0 amide bonds. The Morgan fingerprint density at radius 1 is 1.39 bits per heavy atom. The molecule has 1 unspecified atom stereocenters. The number of aryl methyl sites for hydroxylation is 1. The number of nitrogens with one attached hydrogen (secondary N) is 1. The van der Waals surface area contributed by atoms with Crippen LogP contribution in [-0.2, 0) is 16.8 Å². The molecule has 1 aliphatic heterocycles. The molecule has 1 N–H and O–H groups in total. The molecular formula is C15H20N2O. The molecule has 0 spiro atoms. The van der Waals surface area contributed by atoms with Crippen LogP contribution in [0.5, 0.6) is 0 Å². The number of methoxy groups -OCH3 is 1. The van der Waals surface area contributed by atoms with E-state index in [0.717, 1.165) is 26.0 Å². The van der Waals surface area contributed by atoms with Gasteiger partial charge in [-0.25, -0.2) is 0 Å². The van der Waals surface area contributed by atoms with E-state index in [2.05, 4.69) is 47.3 Å². The standard InChI is InChI=1S/C15H20N2O/c1-16-15(8-10-18-2)7-9-17-13-6-4-3-5-12(13)11-14(15)17/h3-6,11,16H,7-10H2,1-2H3. The van der Waals surface area contributed by atoms with Gasteiger partial charge in [-0.15, -0.1) is 0 Å². The van der Waals surface area contributed by atoms with Crippen LogP contribution in [0.2, 0.25) is 0 Å². The van der Waals surface area contributed by atoms with Crippen molar-refractivity contribution >= 4 is 10.9 Å². The summed E-state index contributed by atoms with van der Waals surface area (Å²) in [5.74, 6) is 0. The number of para-hydroxylation sites is 1. The molecule has 2 aromatic rings. The average molecular weight is 244 g/mol. The fraction of sp³-hybridized carbons (Fsp3) is 0.467. The van der Waals surface area contributed by atoms with Crippen LogP contribution in [0, 0.1) is 0 Å². The Labute approximate surface area is 108 Å². The highest BCUT2D eigenvalue weighted by Gasteiger charge is 2.38. The Kier molecular flexibility index (Phi) is 2.88. The van der Waals surface area contributed by atoms with Gasteiger partial charge in [-0.05, 0) is 37.4 Å². The SMILES string of the molecule is CNC1(CCOC)CCn2c1cc1ccccc12. The number of nitrogens with zero attached hydrogens (tertiary/aromatic N) is 1. The molecule has 3 heteroatoms. The number of hydrogen-bond acceptors (Lipinski definition) is 2. The quantitative estimate of drug-likeness (QED) is 0.894. The van der Waals surface area contributed by atoms with Gasteiger partial charge < -0.3 is 14.6 Å². The van der Waals surface area contributed by atoms with Crippen molar-refractivity contribution < 1.29 is 4.74 Å². The predicted octanol–water partition coefficient (Wildman–Crippen LogP) is 2.50. The van der Waals surface area contributed by atoms with E-state index in [1.807, 2.05) is 0 Å². The van der Waals surface area contributed by atoms with Crippen LogP contribution in [0.3, 0.4) is 0 Å². The molecule has 1 aromatic carbocycles. The Morgan fingerprint density at radius 2 is 2.22 bits per heavy atom. The summed E-state index contributed by atoms with van der Waals surface area (Å²) in [6.07, 6.45) is 2.17. The summed E-state index contributed by atoms with van der Waals surface area (Å²) in [6, 6.07) is 10.9. The van der Waals surface area contributed by atoms with Gasteiger partial charge in [0.05, 0.1) is 5.54 Å². The minimum atomic E-state index is 0.0784. The summed E-state index contributed by atoms with van der Waals surface area (Å²) in [7, 11) is 3.83. The third-order valence-corrected chi connectivity index (χ3v) is 4.27. The molecule has 0 aliphatic carbocycles. The summed E-state index contributed by atoms with van der Waals surface area (Å²) in [4.78, 5) is 0. The number of fused-ring (bicyclic) bond motifs is 3. The van der Waals surface area contributed by atoms with Crippen LogP contribution >= 0.6 is 0 Å². The number of rotatable bonds is 4. The highest BCUT2D eigenvalue weighted by molar-refractivity contribution is 5.82. The van der Waals surface area contributed by atoms with E-state index >= 15 is 0 Å². The first kappa shape index (κ1) is 11.8. The number of benzene rings is 1. The van der Waals surface area contributed by atoms with Crippen LogP contribution < -0.4 is 5.32 Å². The topological polar surface area (TPSA) is 26.2 Å². The minimum Gasteiger partial charge on any atom is -0.385 e. The van der Waals surface area contributed by atoms with E-state index in [0.29, 0.717) is 0 Å². The molecule has 96 valence electrons. The van der Waals surface area contributed by atoms with Crippen LogP contribution in [0.25, 0.3) is 10.9 Å². The van der Waals surface area contributed by atoms with Crippen molar-refractivity contribution in [2.75, 3.05) is 20.8 Å². The van der Waals surface area contributed by atoms with Crippen molar-refractivity contribution in [2.24, 2.45) is 0 Å². The Bertz CT molecular complexity index is 561. The molecule has 0 saturated heterocycles. The summed E-state index contributed by atoms with van der Waals surface area (Å²) < 4.78 is 7.72.